The Morgan fingerprint density at radius 1 is 1.10 bits per heavy atom. The molecule has 21 heavy (non-hydrogen) atoms. The molecule has 0 saturated carbocycles. The van der Waals surface area contributed by atoms with Crippen molar-refractivity contribution < 1.29 is 19.8 Å². The van der Waals surface area contributed by atoms with Crippen LogP contribution in [0.1, 0.15) is 25.3 Å². The van der Waals surface area contributed by atoms with Gasteiger partial charge in [-0.15, -0.1) is 0 Å². The molecular formula is C15H12ClNO4-2. The number of carboxylic acids is 2. The maximum atomic E-state index is 11.4. The fourth-order valence-electron chi connectivity index (χ4n) is 2.55. The van der Waals surface area contributed by atoms with Gasteiger partial charge in [0.1, 0.15) is 0 Å². The van der Waals surface area contributed by atoms with Crippen LogP contribution in [0.4, 0.5) is 0 Å². The van der Waals surface area contributed by atoms with Crippen molar-refractivity contribution in [2.75, 3.05) is 0 Å². The highest BCUT2D eigenvalue weighted by Gasteiger charge is 2.30. The monoisotopic (exact) mass is 305 g/mol. The average molecular weight is 306 g/mol. The van der Waals surface area contributed by atoms with Crippen LogP contribution in [0.25, 0.3) is 0 Å². The predicted octanol–water partition coefficient (Wildman–Crippen LogP) is 0.0746. The Labute approximate surface area is 126 Å². The van der Waals surface area contributed by atoms with E-state index in [2.05, 4.69) is 5.32 Å². The molecule has 0 unspecified atom stereocenters. The van der Waals surface area contributed by atoms with Gasteiger partial charge < -0.3 is 25.1 Å². The third-order valence-corrected chi connectivity index (χ3v) is 3.62. The molecule has 0 aliphatic carbocycles. The van der Waals surface area contributed by atoms with Crippen molar-refractivity contribution in [3.05, 3.63) is 57.4 Å². The second-order valence-electron chi connectivity index (χ2n) is 4.77. The Morgan fingerprint density at radius 3 is 2.05 bits per heavy atom. The van der Waals surface area contributed by atoms with Gasteiger partial charge in [0.25, 0.3) is 0 Å². The van der Waals surface area contributed by atoms with E-state index in [9.17, 15) is 19.8 Å². The van der Waals surface area contributed by atoms with Crippen molar-refractivity contribution in [1.29, 1.82) is 0 Å². The lowest BCUT2D eigenvalue weighted by Gasteiger charge is -2.33. The Morgan fingerprint density at radius 2 is 1.62 bits per heavy atom. The number of rotatable bonds is 3. The summed E-state index contributed by atoms with van der Waals surface area (Å²) in [4.78, 5) is 22.9. The lowest BCUT2D eigenvalue weighted by Crippen LogP contribution is -2.40. The zero-order valence-corrected chi connectivity index (χ0v) is 12.2. The van der Waals surface area contributed by atoms with E-state index in [0.29, 0.717) is 22.0 Å². The molecule has 2 rings (SSSR count). The maximum Gasteiger partial charge on any atom is 0.0701 e. The molecule has 1 aromatic rings. The Hall–Kier alpha value is -2.27. The fourth-order valence-corrected chi connectivity index (χ4v) is 2.75. The first-order valence-electron chi connectivity index (χ1n) is 6.19. The second kappa shape index (κ2) is 5.61. The van der Waals surface area contributed by atoms with Gasteiger partial charge in [0, 0.05) is 33.5 Å². The van der Waals surface area contributed by atoms with E-state index in [1.165, 1.54) is 6.07 Å². The summed E-state index contributed by atoms with van der Waals surface area (Å²) in [6.07, 6.45) is 0. The van der Waals surface area contributed by atoms with E-state index >= 15 is 0 Å². The molecule has 0 spiro atoms. The molecule has 0 aromatic heterocycles. The summed E-state index contributed by atoms with van der Waals surface area (Å²) in [5.74, 6) is -3.85. The van der Waals surface area contributed by atoms with Crippen molar-refractivity contribution in [1.82, 2.24) is 5.32 Å². The number of aliphatic carboxylic acids is 2. The minimum absolute atomic E-state index is 0.137. The number of carbonyl (C=O) groups excluding carboxylic acids is 2. The van der Waals surface area contributed by atoms with E-state index in [-0.39, 0.29) is 11.1 Å². The van der Waals surface area contributed by atoms with E-state index in [4.69, 9.17) is 11.6 Å². The van der Waals surface area contributed by atoms with Crippen molar-refractivity contribution >= 4 is 23.5 Å². The molecule has 0 radical (unpaired) electrons. The number of carbonyl (C=O) groups is 2. The number of halogens is 1. The van der Waals surface area contributed by atoms with Crippen LogP contribution in [-0.4, -0.2) is 11.9 Å². The topological polar surface area (TPSA) is 92.3 Å². The third-order valence-electron chi connectivity index (χ3n) is 3.38. The van der Waals surface area contributed by atoms with Gasteiger partial charge in [-0.3, -0.25) is 0 Å². The van der Waals surface area contributed by atoms with Crippen molar-refractivity contribution in [2.45, 2.75) is 19.8 Å². The SMILES string of the molecule is CC1=C(C(=O)[O-])C(c2cccc(Cl)c2)C(C(=O)[O-])=C(C)N1. The third kappa shape index (κ3) is 2.78. The maximum absolute atomic E-state index is 11.4. The number of benzene rings is 1. The van der Waals surface area contributed by atoms with Gasteiger partial charge in [-0.2, -0.15) is 0 Å². The summed E-state index contributed by atoms with van der Waals surface area (Å²) >= 11 is 5.92. The van der Waals surface area contributed by atoms with Crippen LogP contribution < -0.4 is 15.5 Å². The number of carboxylic acid groups (broad SMARTS) is 2. The summed E-state index contributed by atoms with van der Waals surface area (Å²) in [5, 5.41) is 26.0. The number of dihydropyridines is 1. The molecule has 1 N–H and O–H groups in total. The predicted molar refractivity (Wildman–Crippen MR) is 72.7 cm³/mol. The summed E-state index contributed by atoms with van der Waals surface area (Å²) in [6, 6.07) is 6.40. The van der Waals surface area contributed by atoms with Crippen LogP contribution in [0.2, 0.25) is 5.02 Å². The van der Waals surface area contributed by atoms with E-state index in [1.807, 2.05) is 0 Å². The number of allylic oxidation sites excluding steroid dienone is 2. The van der Waals surface area contributed by atoms with Gasteiger partial charge in [-0.25, -0.2) is 0 Å². The molecule has 1 aliphatic rings. The van der Waals surface area contributed by atoms with Crippen molar-refractivity contribution in [3.8, 4) is 0 Å². The van der Waals surface area contributed by atoms with Crippen LogP contribution >= 0.6 is 11.6 Å². The minimum Gasteiger partial charge on any atom is -0.545 e. The quantitative estimate of drug-likeness (QED) is 0.853. The normalized spacial score (nSPS) is 16.0. The van der Waals surface area contributed by atoms with Crippen LogP contribution in [0.3, 0.4) is 0 Å². The first-order chi connectivity index (χ1) is 9.82. The summed E-state index contributed by atoms with van der Waals surface area (Å²) in [6.45, 7) is 3.11. The van der Waals surface area contributed by atoms with E-state index in [1.54, 1.807) is 32.0 Å². The minimum atomic E-state index is -1.43. The van der Waals surface area contributed by atoms with Gasteiger partial charge in [0.2, 0.25) is 0 Å². The highest BCUT2D eigenvalue weighted by molar-refractivity contribution is 6.30. The van der Waals surface area contributed by atoms with Gasteiger partial charge in [-0.1, -0.05) is 23.7 Å². The van der Waals surface area contributed by atoms with Crippen LogP contribution in [0.15, 0.2) is 46.8 Å². The highest BCUT2D eigenvalue weighted by Crippen LogP contribution is 2.38. The van der Waals surface area contributed by atoms with Crippen LogP contribution in [0.5, 0.6) is 0 Å². The van der Waals surface area contributed by atoms with E-state index < -0.39 is 17.9 Å². The highest BCUT2D eigenvalue weighted by atomic mass is 35.5. The number of hydrogen-bond donors (Lipinski definition) is 1. The molecule has 0 fully saturated rings. The van der Waals surface area contributed by atoms with Gasteiger partial charge >= 0.3 is 0 Å². The average Bonchev–Trinajstić information content (AvgIpc) is 2.36. The summed E-state index contributed by atoms with van der Waals surface area (Å²) in [7, 11) is 0. The molecule has 0 saturated heterocycles. The summed E-state index contributed by atoms with van der Waals surface area (Å²) in [5.41, 5.74) is 0.857. The second-order valence-corrected chi connectivity index (χ2v) is 5.20. The molecule has 1 aliphatic heterocycles. The molecule has 0 bridgehead atoms. The first kappa shape index (κ1) is 15.1. The standard InChI is InChI=1S/C15H14ClNO4/c1-7-11(14(18)19)13(9-4-3-5-10(16)6-9)12(15(20)21)8(2)17-7/h3-6,13,17H,1-2H3,(H,18,19)(H,20,21)/p-2. The number of hydrogen-bond acceptors (Lipinski definition) is 5. The molecule has 6 heteroatoms. The molecule has 110 valence electrons. The molecule has 0 amide bonds. The van der Waals surface area contributed by atoms with Gasteiger partial charge in [-0.05, 0) is 31.5 Å². The van der Waals surface area contributed by atoms with Crippen LogP contribution in [0, 0.1) is 0 Å². The zero-order valence-electron chi connectivity index (χ0n) is 11.4. The number of nitrogens with one attached hydrogen (secondary N) is 1. The van der Waals surface area contributed by atoms with Gasteiger partial charge in [0.05, 0.1) is 11.9 Å². The van der Waals surface area contributed by atoms with Crippen molar-refractivity contribution in [2.24, 2.45) is 0 Å². The molecule has 1 aromatic carbocycles. The molecular weight excluding hydrogens is 294 g/mol. The lowest BCUT2D eigenvalue weighted by molar-refractivity contribution is -0.300. The van der Waals surface area contributed by atoms with Crippen LogP contribution in [-0.2, 0) is 9.59 Å². The Balaban J connectivity index is 2.70. The zero-order chi connectivity index (χ0) is 15.7. The molecule has 0 atom stereocenters. The smallest absolute Gasteiger partial charge is 0.0701 e. The largest absolute Gasteiger partial charge is 0.545 e. The first-order valence-corrected chi connectivity index (χ1v) is 6.57. The van der Waals surface area contributed by atoms with Gasteiger partial charge in [0.15, 0.2) is 0 Å². The summed E-state index contributed by atoms with van der Waals surface area (Å²) < 4.78 is 0. The fraction of sp³-hybridized carbons (Fsp3) is 0.200. The Kier molecular flexibility index (Phi) is 4.04. The van der Waals surface area contributed by atoms with E-state index in [0.717, 1.165) is 0 Å². The Bertz CT molecular complexity index is 655. The van der Waals surface area contributed by atoms with Crippen molar-refractivity contribution in [3.63, 3.8) is 0 Å². The lowest BCUT2D eigenvalue weighted by atomic mass is 9.80. The molecule has 1 heterocycles. The molecule has 5 nitrogen and oxygen atoms in total.